The third kappa shape index (κ3) is 5.19. The molecule has 1 unspecified atom stereocenters. The van der Waals surface area contributed by atoms with Crippen LogP contribution in [0.3, 0.4) is 0 Å². The van der Waals surface area contributed by atoms with Gasteiger partial charge in [-0.2, -0.15) is 0 Å². The molecule has 0 aromatic heterocycles. The van der Waals surface area contributed by atoms with Crippen molar-refractivity contribution in [2.75, 3.05) is 0 Å². The normalized spacial score (nSPS) is 14.9. The molecule has 1 atom stereocenters. The summed E-state index contributed by atoms with van der Waals surface area (Å²) in [7, 11) is 0. The first kappa shape index (κ1) is 22.8. The number of hydrogen-bond donors (Lipinski definition) is 0. The van der Waals surface area contributed by atoms with Gasteiger partial charge in [0.15, 0.2) is 0 Å². The standard InChI is InChI=1S/C30H32O3/c1-20(2)11-10-12-22-17-18-26-27(19-22)29(33-30(31)21(3)4)25-16-9-8-15-24(25)28(26)32-23-13-6-5-7-14-23/h5-9,11,13-16,22H,3,10,12,17-19H2,1-2,4H3. The van der Waals surface area contributed by atoms with Crippen LogP contribution in [-0.2, 0) is 17.6 Å². The van der Waals surface area contributed by atoms with Gasteiger partial charge in [0.05, 0.1) is 0 Å². The summed E-state index contributed by atoms with van der Waals surface area (Å²) in [6.45, 7) is 9.76. The van der Waals surface area contributed by atoms with Crippen LogP contribution in [0.2, 0.25) is 0 Å². The number of para-hydroxylation sites is 1. The van der Waals surface area contributed by atoms with E-state index in [1.807, 2.05) is 54.6 Å². The quantitative estimate of drug-likeness (QED) is 0.162. The lowest BCUT2D eigenvalue weighted by Crippen LogP contribution is -2.19. The number of carbonyl (C=O) groups is 1. The number of ether oxygens (including phenoxy) is 2. The highest BCUT2D eigenvalue weighted by Gasteiger charge is 2.29. The molecule has 0 saturated carbocycles. The molecule has 4 rings (SSSR count). The van der Waals surface area contributed by atoms with Crippen LogP contribution in [-0.4, -0.2) is 5.97 Å². The lowest BCUT2D eigenvalue weighted by molar-refractivity contribution is -0.130. The molecule has 0 N–H and O–H groups in total. The zero-order valence-corrected chi connectivity index (χ0v) is 19.8. The van der Waals surface area contributed by atoms with E-state index >= 15 is 0 Å². The van der Waals surface area contributed by atoms with Gasteiger partial charge < -0.3 is 9.47 Å². The third-order valence-electron chi connectivity index (χ3n) is 6.26. The number of benzene rings is 3. The largest absolute Gasteiger partial charge is 0.456 e. The molecule has 0 saturated heterocycles. The van der Waals surface area contributed by atoms with E-state index in [-0.39, 0.29) is 5.97 Å². The van der Waals surface area contributed by atoms with E-state index in [2.05, 4.69) is 26.5 Å². The average molecular weight is 441 g/mol. The van der Waals surface area contributed by atoms with Gasteiger partial charge >= 0.3 is 5.97 Å². The van der Waals surface area contributed by atoms with Crippen molar-refractivity contribution in [1.82, 2.24) is 0 Å². The van der Waals surface area contributed by atoms with Crippen LogP contribution < -0.4 is 9.47 Å². The predicted molar refractivity (Wildman–Crippen MR) is 135 cm³/mol. The van der Waals surface area contributed by atoms with Gasteiger partial charge in [-0.1, -0.05) is 60.7 Å². The fourth-order valence-corrected chi connectivity index (χ4v) is 4.57. The summed E-state index contributed by atoms with van der Waals surface area (Å²) in [6, 6.07) is 17.9. The van der Waals surface area contributed by atoms with E-state index in [1.54, 1.807) is 6.92 Å². The van der Waals surface area contributed by atoms with Crippen molar-refractivity contribution in [3.05, 3.63) is 89.5 Å². The van der Waals surface area contributed by atoms with E-state index in [0.717, 1.165) is 65.5 Å². The van der Waals surface area contributed by atoms with Crippen LogP contribution in [0.25, 0.3) is 10.8 Å². The Morgan fingerprint density at radius 2 is 1.64 bits per heavy atom. The lowest BCUT2D eigenvalue weighted by atomic mass is 9.79. The molecule has 3 aromatic carbocycles. The van der Waals surface area contributed by atoms with Gasteiger partial charge in [-0.05, 0) is 70.9 Å². The summed E-state index contributed by atoms with van der Waals surface area (Å²) in [5, 5.41) is 1.87. The first-order valence-corrected chi connectivity index (χ1v) is 11.7. The van der Waals surface area contributed by atoms with Crippen LogP contribution in [0.5, 0.6) is 17.2 Å². The van der Waals surface area contributed by atoms with Crippen LogP contribution in [0.15, 0.2) is 78.4 Å². The van der Waals surface area contributed by atoms with Crippen molar-refractivity contribution < 1.29 is 14.3 Å². The van der Waals surface area contributed by atoms with Crippen LogP contribution in [0.4, 0.5) is 0 Å². The molecule has 0 fully saturated rings. The highest BCUT2D eigenvalue weighted by molar-refractivity contribution is 5.99. The van der Waals surface area contributed by atoms with Crippen molar-refractivity contribution in [2.45, 2.75) is 52.9 Å². The Morgan fingerprint density at radius 1 is 0.970 bits per heavy atom. The Morgan fingerprint density at radius 3 is 2.30 bits per heavy atom. The molecular formula is C30H32O3. The highest BCUT2D eigenvalue weighted by atomic mass is 16.5. The summed E-state index contributed by atoms with van der Waals surface area (Å²) in [6.07, 6.45) is 7.38. The molecule has 0 radical (unpaired) electrons. The fraction of sp³-hybridized carbons (Fsp3) is 0.300. The van der Waals surface area contributed by atoms with Crippen molar-refractivity contribution in [2.24, 2.45) is 5.92 Å². The fourth-order valence-electron chi connectivity index (χ4n) is 4.57. The second kappa shape index (κ2) is 10.1. The Kier molecular flexibility index (Phi) is 6.98. The van der Waals surface area contributed by atoms with Crippen molar-refractivity contribution in [1.29, 1.82) is 0 Å². The van der Waals surface area contributed by atoms with Crippen molar-refractivity contribution in [3.8, 4) is 17.2 Å². The molecule has 0 amide bonds. The summed E-state index contributed by atoms with van der Waals surface area (Å²) >= 11 is 0. The molecule has 0 heterocycles. The summed E-state index contributed by atoms with van der Waals surface area (Å²) in [4.78, 5) is 12.6. The number of fused-ring (bicyclic) bond motifs is 2. The van der Waals surface area contributed by atoms with Gasteiger partial charge in [0.2, 0.25) is 0 Å². The molecule has 0 aliphatic heterocycles. The zero-order valence-electron chi connectivity index (χ0n) is 19.8. The van der Waals surface area contributed by atoms with Gasteiger partial charge in [0, 0.05) is 27.5 Å². The number of rotatable bonds is 7. The predicted octanol–water partition coefficient (Wildman–Crippen LogP) is 7.96. The van der Waals surface area contributed by atoms with Crippen LogP contribution >= 0.6 is 0 Å². The monoisotopic (exact) mass is 440 g/mol. The van der Waals surface area contributed by atoms with E-state index in [9.17, 15) is 4.79 Å². The van der Waals surface area contributed by atoms with E-state index < -0.39 is 0 Å². The maximum absolute atomic E-state index is 12.6. The minimum atomic E-state index is -0.384. The Bertz CT molecular complexity index is 1200. The second-order valence-electron chi connectivity index (χ2n) is 9.21. The molecule has 0 spiro atoms. The summed E-state index contributed by atoms with van der Waals surface area (Å²) in [5.41, 5.74) is 4.00. The van der Waals surface area contributed by atoms with Crippen molar-refractivity contribution in [3.63, 3.8) is 0 Å². The van der Waals surface area contributed by atoms with Crippen LogP contribution in [0, 0.1) is 5.92 Å². The Balaban J connectivity index is 1.83. The maximum atomic E-state index is 12.6. The van der Waals surface area contributed by atoms with E-state index in [1.165, 1.54) is 5.57 Å². The van der Waals surface area contributed by atoms with Crippen LogP contribution in [0.1, 0.15) is 51.2 Å². The smallest absolute Gasteiger partial charge is 0.338 e. The Labute approximate surface area is 196 Å². The van der Waals surface area contributed by atoms with Gasteiger partial charge in [-0.15, -0.1) is 0 Å². The Hall–Kier alpha value is -3.33. The third-order valence-corrected chi connectivity index (χ3v) is 6.26. The highest BCUT2D eigenvalue weighted by Crippen LogP contribution is 2.47. The molecule has 3 nitrogen and oxygen atoms in total. The number of allylic oxidation sites excluding steroid dienone is 2. The molecule has 1 aliphatic carbocycles. The number of esters is 1. The maximum Gasteiger partial charge on any atom is 0.338 e. The first-order valence-electron chi connectivity index (χ1n) is 11.7. The molecule has 3 heteroatoms. The van der Waals surface area contributed by atoms with Gasteiger partial charge in [0.1, 0.15) is 17.2 Å². The summed E-state index contributed by atoms with van der Waals surface area (Å²) in [5.74, 6) is 2.51. The first-order chi connectivity index (χ1) is 15.9. The lowest BCUT2D eigenvalue weighted by Gasteiger charge is -2.29. The molecular weight excluding hydrogens is 408 g/mol. The average Bonchev–Trinajstić information content (AvgIpc) is 2.81. The van der Waals surface area contributed by atoms with Gasteiger partial charge in [-0.25, -0.2) is 4.79 Å². The van der Waals surface area contributed by atoms with E-state index in [0.29, 0.717) is 17.2 Å². The SMILES string of the molecule is C=C(C)C(=O)Oc1c2c(c(Oc3ccccc3)c3ccccc13)CCC(CCC=C(C)C)C2. The van der Waals surface area contributed by atoms with Gasteiger partial charge in [-0.3, -0.25) is 0 Å². The van der Waals surface area contributed by atoms with Gasteiger partial charge in [0.25, 0.3) is 0 Å². The second-order valence-corrected chi connectivity index (χ2v) is 9.21. The number of hydrogen-bond acceptors (Lipinski definition) is 3. The van der Waals surface area contributed by atoms with E-state index in [4.69, 9.17) is 9.47 Å². The molecule has 0 bridgehead atoms. The zero-order chi connectivity index (χ0) is 23.4. The minimum absolute atomic E-state index is 0.384. The topological polar surface area (TPSA) is 35.5 Å². The molecule has 3 aromatic rings. The number of carbonyl (C=O) groups excluding carboxylic acids is 1. The molecule has 33 heavy (non-hydrogen) atoms. The summed E-state index contributed by atoms with van der Waals surface area (Å²) < 4.78 is 12.5. The van der Waals surface area contributed by atoms with Crippen molar-refractivity contribution >= 4 is 16.7 Å². The molecule has 170 valence electrons. The molecule has 1 aliphatic rings. The minimum Gasteiger partial charge on any atom is -0.456 e.